The van der Waals surface area contributed by atoms with E-state index < -0.39 is 0 Å². The van der Waals surface area contributed by atoms with Crippen LogP contribution in [0.1, 0.15) is 24.7 Å². The van der Waals surface area contributed by atoms with E-state index >= 15 is 0 Å². The molecule has 1 atom stereocenters. The number of nitrogens with zero attached hydrogens (tertiary/aromatic N) is 3. The molecule has 6 nitrogen and oxygen atoms in total. The second-order valence-electron chi connectivity index (χ2n) is 5.69. The molecule has 0 radical (unpaired) electrons. The Balaban J connectivity index is 2.10. The molecule has 1 unspecified atom stereocenters. The molecule has 7 heteroatoms. The molecule has 0 fully saturated rings. The Kier molecular flexibility index (Phi) is 6.06. The number of nitrogens with one attached hydrogen (secondary N) is 1. The number of rotatable bonds is 8. The van der Waals surface area contributed by atoms with Crippen LogP contribution >= 0.6 is 12.2 Å². The van der Waals surface area contributed by atoms with E-state index in [9.17, 15) is 4.79 Å². The lowest BCUT2D eigenvalue weighted by Crippen LogP contribution is -3.07. The lowest BCUT2D eigenvalue weighted by Gasteiger charge is -2.13. The fraction of sp³-hybridized carbons (Fsp3) is 0.438. The van der Waals surface area contributed by atoms with Gasteiger partial charge in [-0.25, -0.2) is 0 Å². The maximum absolute atomic E-state index is 11.0. The fourth-order valence-electron chi connectivity index (χ4n) is 2.58. The summed E-state index contributed by atoms with van der Waals surface area (Å²) in [6.45, 7) is 4.35. The third-order valence-electron chi connectivity index (χ3n) is 3.68. The first kappa shape index (κ1) is 17.4. The second kappa shape index (κ2) is 8.03. The van der Waals surface area contributed by atoms with Crippen molar-refractivity contribution in [2.45, 2.75) is 39.5 Å². The smallest absolute Gasteiger partial charge is 0.217 e. The van der Waals surface area contributed by atoms with Gasteiger partial charge < -0.3 is 15.2 Å². The lowest BCUT2D eigenvalue weighted by molar-refractivity contribution is -0.917. The molecule has 1 amide bonds. The zero-order valence-corrected chi connectivity index (χ0v) is 14.5. The molecule has 0 bridgehead atoms. The van der Waals surface area contributed by atoms with E-state index in [2.05, 4.69) is 24.3 Å². The first-order valence-corrected chi connectivity index (χ1v) is 8.22. The molecule has 1 heterocycles. The van der Waals surface area contributed by atoms with Gasteiger partial charge in [-0.1, -0.05) is 30.3 Å². The topological polar surface area (TPSA) is 70.3 Å². The number of aryl methyl sites for hydroxylation is 1. The van der Waals surface area contributed by atoms with Crippen molar-refractivity contribution in [2.75, 3.05) is 7.05 Å². The summed E-state index contributed by atoms with van der Waals surface area (Å²) in [4.78, 5) is 12.3. The minimum absolute atomic E-state index is 0.290. The molecule has 0 aliphatic carbocycles. The van der Waals surface area contributed by atoms with Gasteiger partial charge in [-0.3, -0.25) is 4.79 Å². The zero-order chi connectivity index (χ0) is 16.8. The molecular weight excluding hydrogens is 310 g/mol. The molecule has 0 saturated carbocycles. The van der Waals surface area contributed by atoms with Crippen molar-refractivity contribution >= 4 is 18.1 Å². The number of carbonyl (C=O) groups is 1. The largest absolute Gasteiger partial charge is 0.370 e. The first-order valence-electron chi connectivity index (χ1n) is 7.81. The van der Waals surface area contributed by atoms with Crippen molar-refractivity contribution in [1.29, 1.82) is 0 Å². The van der Waals surface area contributed by atoms with Crippen molar-refractivity contribution < 1.29 is 9.69 Å². The first-order chi connectivity index (χ1) is 11.0. The molecule has 0 aliphatic heterocycles. The average molecular weight is 334 g/mol. The predicted molar refractivity (Wildman–Crippen MR) is 91.3 cm³/mol. The summed E-state index contributed by atoms with van der Waals surface area (Å²) in [5.74, 6) is 0.503. The van der Waals surface area contributed by atoms with Crippen molar-refractivity contribution in [1.82, 2.24) is 14.3 Å². The van der Waals surface area contributed by atoms with E-state index in [1.807, 2.05) is 34.4 Å². The van der Waals surface area contributed by atoms with Crippen molar-refractivity contribution in [3.05, 3.63) is 46.5 Å². The van der Waals surface area contributed by atoms with E-state index in [1.54, 1.807) is 0 Å². The third-order valence-corrected chi connectivity index (χ3v) is 4.11. The maximum Gasteiger partial charge on any atom is 0.217 e. The van der Waals surface area contributed by atoms with Gasteiger partial charge in [-0.15, -0.1) is 0 Å². The van der Waals surface area contributed by atoms with E-state index in [1.165, 1.54) is 10.5 Å². The molecule has 23 heavy (non-hydrogen) atoms. The molecule has 0 saturated heterocycles. The Morgan fingerprint density at radius 3 is 2.65 bits per heavy atom. The Morgan fingerprint density at radius 1 is 1.35 bits per heavy atom. The van der Waals surface area contributed by atoms with Gasteiger partial charge in [0.25, 0.3) is 0 Å². The van der Waals surface area contributed by atoms with Crippen LogP contribution in [0.25, 0.3) is 0 Å². The van der Waals surface area contributed by atoms with Crippen LogP contribution in [-0.2, 0) is 31.0 Å². The molecule has 0 aliphatic rings. The minimum Gasteiger partial charge on any atom is -0.370 e. The van der Waals surface area contributed by atoms with Gasteiger partial charge in [0.15, 0.2) is 6.67 Å². The number of quaternary nitrogens is 1. The van der Waals surface area contributed by atoms with Gasteiger partial charge >= 0.3 is 0 Å². The summed E-state index contributed by atoms with van der Waals surface area (Å²) in [5, 5.41) is 4.58. The van der Waals surface area contributed by atoms with E-state index in [4.69, 9.17) is 18.0 Å². The van der Waals surface area contributed by atoms with Gasteiger partial charge in [0.2, 0.25) is 10.7 Å². The average Bonchev–Trinajstić information content (AvgIpc) is 2.81. The summed E-state index contributed by atoms with van der Waals surface area (Å²) in [5.41, 5.74) is 6.51. The van der Waals surface area contributed by atoms with Crippen LogP contribution in [0.5, 0.6) is 0 Å². The normalized spacial score (nSPS) is 12.3. The Hall–Kier alpha value is -1.99. The quantitative estimate of drug-likeness (QED) is 0.692. The highest BCUT2D eigenvalue weighted by atomic mass is 32.1. The summed E-state index contributed by atoms with van der Waals surface area (Å²) < 4.78 is 4.50. The molecule has 1 aromatic carbocycles. The highest BCUT2D eigenvalue weighted by Gasteiger charge is 2.13. The highest BCUT2D eigenvalue weighted by molar-refractivity contribution is 7.71. The monoisotopic (exact) mass is 334 g/mol. The predicted octanol–water partition coefficient (Wildman–Crippen LogP) is 0.524. The molecule has 3 N–H and O–H groups in total. The molecular formula is C16H24N5OS+. The highest BCUT2D eigenvalue weighted by Crippen LogP contribution is 2.04. The minimum atomic E-state index is -0.319. The van der Waals surface area contributed by atoms with Crippen LogP contribution in [0.4, 0.5) is 0 Å². The Morgan fingerprint density at radius 2 is 2.04 bits per heavy atom. The standard InChI is InChI=1S/C16H23N5OS/c1-3-20-15(10-9-14(17)22)18-21(16(20)23)12-19(2)11-13-7-5-4-6-8-13/h4-8H,3,9-12H2,1-2H3,(H2,17,22)/p+1. The third kappa shape index (κ3) is 4.74. The molecule has 0 spiro atoms. The number of aromatic nitrogens is 3. The fourth-order valence-corrected chi connectivity index (χ4v) is 2.92. The van der Waals surface area contributed by atoms with Crippen molar-refractivity contribution in [2.24, 2.45) is 5.73 Å². The van der Waals surface area contributed by atoms with E-state index in [0.29, 0.717) is 24.3 Å². The van der Waals surface area contributed by atoms with Crippen LogP contribution in [-0.4, -0.2) is 27.3 Å². The van der Waals surface area contributed by atoms with E-state index in [-0.39, 0.29) is 5.91 Å². The summed E-state index contributed by atoms with van der Waals surface area (Å²) in [6, 6.07) is 10.3. The summed E-state index contributed by atoms with van der Waals surface area (Å²) >= 11 is 5.51. The maximum atomic E-state index is 11.0. The number of carbonyl (C=O) groups excluding carboxylic acids is 1. The number of hydrogen-bond acceptors (Lipinski definition) is 3. The molecule has 124 valence electrons. The molecule has 1 aromatic heterocycles. The van der Waals surface area contributed by atoms with E-state index in [0.717, 1.165) is 18.9 Å². The van der Waals surface area contributed by atoms with Gasteiger partial charge in [0.1, 0.15) is 12.4 Å². The van der Waals surface area contributed by atoms with Crippen LogP contribution in [0.2, 0.25) is 0 Å². The lowest BCUT2D eigenvalue weighted by atomic mass is 10.2. The van der Waals surface area contributed by atoms with Crippen molar-refractivity contribution in [3.63, 3.8) is 0 Å². The van der Waals surface area contributed by atoms with Crippen LogP contribution in [0, 0.1) is 4.77 Å². The molecule has 2 aromatic rings. The van der Waals surface area contributed by atoms with Crippen LogP contribution in [0.3, 0.4) is 0 Å². The van der Waals surface area contributed by atoms with Crippen molar-refractivity contribution in [3.8, 4) is 0 Å². The van der Waals surface area contributed by atoms with Gasteiger partial charge in [-0.05, 0) is 19.1 Å². The van der Waals surface area contributed by atoms with Gasteiger partial charge in [0.05, 0.1) is 7.05 Å². The van der Waals surface area contributed by atoms with Crippen LogP contribution in [0.15, 0.2) is 30.3 Å². The zero-order valence-electron chi connectivity index (χ0n) is 13.7. The summed E-state index contributed by atoms with van der Waals surface area (Å²) in [7, 11) is 2.11. The van der Waals surface area contributed by atoms with Gasteiger partial charge in [-0.2, -0.15) is 9.78 Å². The Bertz CT molecular complexity index is 707. The van der Waals surface area contributed by atoms with Crippen LogP contribution < -0.4 is 10.6 Å². The second-order valence-corrected chi connectivity index (χ2v) is 6.05. The van der Waals surface area contributed by atoms with Gasteiger partial charge in [0, 0.05) is 24.9 Å². The number of primary amides is 1. The number of hydrogen-bond donors (Lipinski definition) is 2. The number of nitrogens with two attached hydrogens (primary N) is 1. The Labute approximate surface area is 141 Å². The SMILES string of the molecule is CCn1c(CCC(N)=O)nn(C[NH+](C)Cc2ccccc2)c1=S. The molecule has 2 rings (SSSR count). The summed E-state index contributed by atoms with van der Waals surface area (Å²) in [6.07, 6.45) is 0.816. The number of benzene rings is 1. The number of amides is 1.